The SMILES string of the molecule is COc1ccc(C2CC(=O)C2C)c(OC)c1. The van der Waals surface area contributed by atoms with Gasteiger partial charge in [-0.25, -0.2) is 0 Å². The van der Waals surface area contributed by atoms with Crippen molar-refractivity contribution in [2.45, 2.75) is 19.3 Å². The number of carbonyl (C=O) groups is 1. The minimum absolute atomic E-state index is 0.113. The highest BCUT2D eigenvalue weighted by atomic mass is 16.5. The molecule has 0 saturated heterocycles. The van der Waals surface area contributed by atoms with Gasteiger partial charge in [-0.1, -0.05) is 13.0 Å². The second kappa shape index (κ2) is 4.16. The van der Waals surface area contributed by atoms with Crippen molar-refractivity contribution in [3.8, 4) is 11.5 Å². The van der Waals surface area contributed by atoms with Crippen LogP contribution in [0.3, 0.4) is 0 Å². The molecular formula is C13H16O3. The maximum Gasteiger partial charge on any atom is 0.136 e. The van der Waals surface area contributed by atoms with E-state index < -0.39 is 0 Å². The molecule has 0 radical (unpaired) electrons. The van der Waals surface area contributed by atoms with Gasteiger partial charge in [0.1, 0.15) is 17.3 Å². The summed E-state index contributed by atoms with van der Waals surface area (Å²) < 4.78 is 10.5. The number of ketones is 1. The first-order valence-corrected chi connectivity index (χ1v) is 5.42. The Labute approximate surface area is 95.4 Å². The highest BCUT2D eigenvalue weighted by molar-refractivity contribution is 5.89. The van der Waals surface area contributed by atoms with Crippen LogP contribution < -0.4 is 9.47 Å². The standard InChI is InChI=1S/C13H16O3/c1-8-11(7-12(8)14)10-5-4-9(15-2)6-13(10)16-3/h4-6,8,11H,7H2,1-3H3. The number of hydrogen-bond acceptors (Lipinski definition) is 3. The molecule has 0 aromatic heterocycles. The van der Waals surface area contributed by atoms with Gasteiger partial charge in [0.05, 0.1) is 14.2 Å². The lowest BCUT2D eigenvalue weighted by molar-refractivity contribution is -0.130. The zero-order chi connectivity index (χ0) is 11.7. The molecule has 0 N–H and O–H groups in total. The van der Waals surface area contributed by atoms with Gasteiger partial charge < -0.3 is 9.47 Å². The van der Waals surface area contributed by atoms with Crippen molar-refractivity contribution in [3.05, 3.63) is 23.8 Å². The van der Waals surface area contributed by atoms with Crippen LogP contribution in [0.2, 0.25) is 0 Å². The summed E-state index contributed by atoms with van der Waals surface area (Å²) in [6.07, 6.45) is 0.629. The monoisotopic (exact) mass is 220 g/mol. The molecule has 0 spiro atoms. The van der Waals surface area contributed by atoms with Gasteiger partial charge in [-0.3, -0.25) is 4.79 Å². The summed E-state index contributed by atoms with van der Waals surface area (Å²) in [4.78, 5) is 11.3. The van der Waals surface area contributed by atoms with Crippen LogP contribution in [-0.2, 0) is 4.79 Å². The molecule has 1 aromatic carbocycles. The van der Waals surface area contributed by atoms with Crippen LogP contribution in [0.1, 0.15) is 24.8 Å². The number of benzene rings is 1. The maximum absolute atomic E-state index is 11.3. The fourth-order valence-corrected chi connectivity index (χ4v) is 2.15. The molecule has 1 fully saturated rings. The first-order valence-electron chi connectivity index (χ1n) is 5.42. The van der Waals surface area contributed by atoms with Crippen LogP contribution in [-0.4, -0.2) is 20.0 Å². The molecule has 86 valence electrons. The minimum Gasteiger partial charge on any atom is -0.497 e. The van der Waals surface area contributed by atoms with E-state index in [2.05, 4.69) is 0 Å². The summed E-state index contributed by atoms with van der Waals surface area (Å²) in [5.41, 5.74) is 1.11. The summed E-state index contributed by atoms with van der Waals surface area (Å²) in [5.74, 6) is 2.33. The Morgan fingerprint density at radius 3 is 2.50 bits per heavy atom. The molecule has 3 nitrogen and oxygen atoms in total. The second-order valence-electron chi connectivity index (χ2n) is 4.17. The number of ether oxygens (including phenoxy) is 2. The van der Waals surface area contributed by atoms with E-state index in [-0.39, 0.29) is 5.92 Å². The lowest BCUT2D eigenvalue weighted by Crippen LogP contribution is -2.32. The fraction of sp³-hybridized carbons (Fsp3) is 0.462. The molecule has 2 atom stereocenters. The van der Waals surface area contributed by atoms with Gasteiger partial charge in [-0.05, 0) is 11.6 Å². The van der Waals surface area contributed by atoms with Gasteiger partial charge in [0.2, 0.25) is 0 Å². The number of rotatable bonds is 3. The van der Waals surface area contributed by atoms with E-state index >= 15 is 0 Å². The van der Waals surface area contributed by atoms with Gasteiger partial charge in [0, 0.05) is 24.3 Å². The molecule has 0 bridgehead atoms. The molecule has 16 heavy (non-hydrogen) atoms. The van der Waals surface area contributed by atoms with E-state index in [1.54, 1.807) is 14.2 Å². The van der Waals surface area contributed by atoms with Crippen LogP contribution in [0.4, 0.5) is 0 Å². The normalized spacial score (nSPS) is 23.8. The molecule has 2 rings (SSSR count). The number of Topliss-reactive ketones (excluding diaryl/α,β-unsaturated/α-hetero) is 1. The largest absolute Gasteiger partial charge is 0.497 e. The van der Waals surface area contributed by atoms with Gasteiger partial charge in [-0.2, -0.15) is 0 Å². The maximum atomic E-state index is 11.3. The van der Waals surface area contributed by atoms with E-state index in [1.165, 1.54) is 0 Å². The highest BCUT2D eigenvalue weighted by Crippen LogP contribution is 2.43. The first-order chi connectivity index (χ1) is 7.67. The third-order valence-electron chi connectivity index (χ3n) is 3.37. The Kier molecular flexibility index (Phi) is 2.86. The molecule has 1 aromatic rings. The lowest BCUT2D eigenvalue weighted by Gasteiger charge is -2.33. The average Bonchev–Trinajstić information content (AvgIpc) is 2.34. The fourth-order valence-electron chi connectivity index (χ4n) is 2.15. The molecule has 0 amide bonds. The molecule has 0 aliphatic heterocycles. The molecule has 1 saturated carbocycles. The summed E-state index contributed by atoms with van der Waals surface area (Å²) in [6, 6.07) is 5.77. The van der Waals surface area contributed by atoms with Gasteiger partial charge in [-0.15, -0.1) is 0 Å². The molecular weight excluding hydrogens is 204 g/mol. The summed E-state index contributed by atoms with van der Waals surface area (Å²) in [5, 5.41) is 0. The summed E-state index contributed by atoms with van der Waals surface area (Å²) >= 11 is 0. The lowest BCUT2D eigenvalue weighted by atomic mass is 9.70. The van der Waals surface area contributed by atoms with E-state index in [0.29, 0.717) is 18.1 Å². The van der Waals surface area contributed by atoms with Crippen molar-refractivity contribution in [1.82, 2.24) is 0 Å². The van der Waals surface area contributed by atoms with Crippen molar-refractivity contribution < 1.29 is 14.3 Å². The Hall–Kier alpha value is -1.51. The molecule has 1 aliphatic rings. The topological polar surface area (TPSA) is 35.5 Å². The summed E-state index contributed by atoms with van der Waals surface area (Å²) in [6.45, 7) is 1.97. The van der Waals surface area contributed by atoms with E-state index in [0.717, 1.165) is 17.1 Å². The summed E-state index contributed by atoms with van der Waals surface area (Å²) in [7, 11) is 3.27. The van der Waals surface area contributed by atoms with Crippen molar-refractivity contribution in [1.29, 1.82) is 0 Å². The van der Waals surface area contributed by atoms with E-state index in [9.17, 15) is 4.79 Å². The Morgan fingerprint density at radius 2 is 2.00 bits per heavy atom. The third-order valence-corrected chi connectivity index (χ3v) is 3.37. The molecule has 0 heterocycles. The predicted octanol–water partition coefficient (Wildman–Crippen LogP) is 2.40. The van der Waals surface area contributed by atoms with Crippen molar-refractivity contribution >= 4 is 5.78 Å². The van der Waals surface area contributed by atoms with Gasteiger partial charge in [0.25, 0.3) is 0 Å². The zero-order valence-electron chi connectivity index (χ0n) is 9.82. The van der Waals surface area contributed by atoms with Crippen LogP contribution in [0.25, 0.3) is 0 Å². The van der Waals surface area contributed by atoms with Gasteiger partial charge >= 0.3 is 0 Å². The first kappa shape index (κ1) is 11.0. The van der Waals surface area contributed by atoms with Gasteiger partial charge in [0.15, 0.2) is 0 Å². The van der Waals surface area contributed by atoms with E-state index in [4.69, 9.17) is 9.47 Å². The average molecular weight is 220 g/mol. The smallest absolute Gasteiger partial charge is 0.136 e. The zero-order valence-corrected chi connectivity index (χ0v) is 9.82. The third kappa shape index (κ3) is 1.66. The van der Waals surface area contributed by atoms with Crippen LogP contribution >= 0.6 is 0 Å². The van der Waals surface area contributed by atoms with Crippen LogP contribution in [0.5, 0.6) is 11.5 Å². The Bertz CT molecular complexity index is 412. The number of methoxy groups -OCH3 is 2. The predicted molar refractivity (Wildman–Crippen MR) is 61.1 cm³/mol. The highest BCUT2D eigenvalue weighted by Gasteiger charge is 2.38. The van der Waals surface area contributed by atoms with Crippen LogP contribution in [0, 0.1) is 5.92 Å². The Morgan fingerprint density at radius 1 is 1.25 bits per heavy atom. The number of carbonyl (C=O) groups excluding carboxylic acids is 1. The van der Waals surface area contributed by atoms with Crippen molar-refractivity contribution in [2.24, 2.45) is 5.92 Å². The molecule has 3 heteroatoms. The quantitative estimate of drug-likeness (QED) is 0.784. The van der Waals surface area contributed by atoms with Crippen LogP contribution in [0.15, 0.2) is 18.2 Å². The van der Waals surface area contributed by atoms with Crippen molar-refractivity contribution in [3.63, 3.8) is 0 Å². The molecule has 1 aliphatic carbocycles. The number of hydrogen-bond donors (Lipinski definition) is 0. The Balaban J connectivity index is 2.30. The van der Waals surface area contributed by atoms with Crippen molar-refractivity contribution in [2.75, 3.05) is 14.2 Å². The molecule has 2 unspecified atom stereocenters. The van der Waals surface area contributed by atoms with E-state index in [1.807, 2.05) is 25.1 Å². The second-order valence-corrected chi connectivity index (χ2v) is 4.17. The minimum atomic E-state index is 0.113.